The monoisotopic (exact) mass is 458 g/mol. The number of fused-ring (bicyclic) bond motifs is 3. The molecule has 0 spiro atoms. The van der Waals surface area contributed by atoms with Gasteiger partial charge >= 0.3 is 0 Å². The topological polar surface area (TPSA) is 106 Å². The van der Waals surface area contributed by atoms with Crippen molar-refractivity contribution < 1.29 is 28.9 Å². The van der Waals surface area contributed by atoms with Gasteiger partial charge in [0, 0.05) is 42.3 Å². The molecule has 0 radical (unpaired) electrons. The van der Waals surface area contributed by atoms with Gasteiger partial charge in [-0.2, -0.15) is 0 Å². The summed E-state index contributed by atoms with van der Waals surface area (Å²) >= 11 is 0. The Balaban J connectivity index is 1.26. The SMILES string of the molecule is O=C(C[C@@H]1C[C@H]2c3cc(NC(=O)C4CCOCC4)ccc3O[C@H]2[C@@H](CO)O1)NC1CCCC1. The minimum absolute atomic E-state index is 0.00936. The molecule has 4 atom stereocenters. The van der Waals surface area contributed by atoms with Gasteiger partial charge in [0.2, 0.25) is 11.8 Å². The van der Waals surface area contributed by atoms with Gasteiger partial charge in [0.15, 0.2) is 0 Å². The van der Waals surface area contributed by atoms with Crippen molar-refractivity contribution in [3.8, 4) is 5.75 Å². The zero-order valence-electron chi connectivity index (χ0n) is 19.0. The maximum Gasteiger partial charge on any atom is 0.227 e. The number of aliphatic hydroxyl groups excluding tert-OH is 1. The summed E-state index contributed by atoms with van der Waals surface area (Å²) in [6, 6.07) is 5.99. The van der Waals surface area contributed by atoms with Crippen LogP contribution in [0.25, 0.3) is 0 Å². The fourth-order valence-corrected chi connectivity index (χ4v) is 5.73. The summed E-state index contributed by atoms with van der Waals surface area (Å²) < 4.78 is 17.6. The lowest BCUT2D eigenvalue weighted by atomic mass is 9.84. The van der Waals surface area contributed by atoms with Gasteiger partial charge < -0.3 is 30.0 Å². The summed E-state index contributed by atoms with van der Waals surface area (Å²) in [7, 11) is 0. The first-order valence-electron chi connectivity index (χ1n) is 12.4. The average molecular weight is 459 g/mol. The molecule has 2 saturated heterocycles. The highest BCUT2D eigenvalue weighted by molar-refractivity contribution is 5.92. The average Bonchev–Trinajstić information content (AvgIpc) is 3.46. The second-order valence-corrected chi connectivity index (χ2v) is 9.79. The van der Waals surface area contributed by atoms with Gasteiger partial charge in [-0.05, 0) is 50.3 Å². The van der Waals surface area contributed by atoms with E-state index in [9.17, 15) is 14.7 Å². The molecule has 180 valence electrons. The Morgan fingerprint density at radius 3 is 2.64 bits per heavy atom. The smallest absolute Gasteiger partial charge is 0.227 e. The quantitative estimate of drug-likeness (QED) is 0.605. The van der Waals surface area contributed by atoms with E-state index in [1.807, 2.05) is 18.2 Å². The van der Waals surface area contributed by atoms with Crippen LogP contribution in [0.1, 0.15) is 62.8 Å². The number of benzene rings is 1. The molecule has 8 nitrogen and oxygen atoms in total. The van der Waals surface area contributed by atoms with Gasteiger partial charge in [-0.1, -0.05) is 12.8 Å². The maximum atomic E-state index is 12.7. The normalized spacial score (nSPS) is 29.7. The number of aliphatic hydroxyl groups is 1. The van der Waals surface area contributed by atoms with Crippen molar-refractivity contribution >= 4 is 17.5 Å². The predicted molar refractivity (Wildman–Crippen MR) is 121 cm³/mol. The first-order valence-corrected chi connectivity index (χ1v) is 12.4. The molecule has 3 fully saturated rings. The summed E-state index contributed by atoms with van der Waals surface area (Å²) in [5, 5.41) is 16.1. The number of rotatable bonds is 6. The van der Waals surface area contributed by atoms with Gasteiger partial charge in [-0.25, -0.2) is 0 Å². The van der Waals surface area contributed by atoms with Crippen LogP contribution in [0.3, 0.4) is 0 Å². The lowest BCUT2D eigenvalue weighted by Crippen LogP contribution is -2.47. The minimum Gasteiger partial charge on any atom is -0.487 e. The van der Waals surface area contributed by atoms with Gasteiger partial charge in [-0.15, -0.1) is 0 Å². The number of carbonyl (C=O) groups excluding carboxylic acids is 2. The van der Waals surface area contributed by atoms with E-state index in [0.29, 0.717) is 19.6 Å². The summed E-state index contributed by atoms with van der Waals surface area (Å²) in [6.45, 7) is 1.08. The fourth-order valence-electron chi connectivity index (χ4n) is 5.73. The summed E-state index contributed by atoms with van der Waals surface area (Å²) in [6.07, 6.45) is 5.78. The molecule has 1 aliphatic carbocycles. The van der Waals surface area contributed by atoms with E-state index in [1.54, 1.807) is 0 Å². The number of carbonyl (C=O) groups is 2. The molecule has 1 aromatic carbocycles. The highest BCUT2D eigenvalue weighted by atomic mass is 16.6. The molecule has 1 saturated carbocycles. The van der Waals surface area contributed by atoms with Crippen LogP contribution < -0.4 is 15.4 Å². The predicted octanol–water partition coefficient (Wildman–Crippen LogP) is 2.50. The van der Waals surface area contributed by atoms with Crippen LogP contribution in [0, 0.1) is 5.92 Å². The Labute approximate surface area is 194 Å². The molecular formula is C25H34N2O6. The van der Waals surface area contributed by atoms with Crippen LogP contribution in [0.2, 0.25) is 0 Å². The molecule has 2 amide bonds. The summed E-state index contributed by atoms with van der Waals surface area (Å²) in [4.78, 5) is 25.3. The van der Waals surface area contributed by atoms with Crippen LogP contribution >= 0.6 is 0 Å². The van der Waals surface area contributed by atoms with Crippen molar-refractivity contribution in [2.24, 2.45) is 5.92 Å². The van der Waals surface area contributed by atoms with Crippen LogP contribution in [-0.2, 0) is 19.1 Å². The third-order valence-electron chi connectivity index (χ3n) is 7.49. The molecule has 33 heavy (non-hydrogen) atoms. The Hall–Kier alpha value is -2.16. The zero-order chi connectivity index (χ0) is 22.8. The summed E-state index contributed by atoms with van der Waals surface area (Å²) in [5.74, 6) is 0.775. The van der Waals surface area contributed by atoms with Crippen molar-refractivity contribution in [3.63, 3.8) is 0 Å². The summed E-state index contributed by atoms with van der Waals surface area (Å²) in [5.41, 5.74) is 1.75. The first-order chi connectivity index (χ1) is 16.1. The molecule has 0 unspecified atom stereocenters. The van der Waals surface area contributed by atoms with E-state index in [2.05, 4.69) is 10.6 Å². The van der Waals surface area contributed by atoms with Crippen LogP contribution in [0.5, 0.6) is 5.75 Å². The second-order valence-electron chi connectivity index (χ2n) is 9.79. The number of amides is 2. The second kappa shape index (κ2) is 9.99. The standard InChI is InChI=1S/C25H34N2O6/c28-14-22-24-20(12-18(32-22)13-23(29)26-16-3-1-2-4-16)19-11-17(5-6-21(19)33-24)27-25(30)15-7-9-31-10-8-15/h5-6,11,15-16,18,20,22,24,28H,1-4,7-10,12-14H2,(H,26,29)(H,27,30)/t18-,20-,22+,24+/m0/s1. The third kappa shape index (κ3) is 5.03. The zero-order valence-corrected chi connectivity index (χ0v) is 19.0. The van der Waals surface area contributed by atoms with Crippen molar-refractivity contribution in [2.45, 2.75) is 81.6 Å². The van der Waals surface area contributed by atoms with Gasteiger partial charge in [-0.3, -0.25) is 9.59 Å². The lowest BCUT2D eigenvalue weighted by Gasteiger charge is -2.37. The van der Waals surface area contributed by atoms with Crippen LogP contribution in [0.4, 0.5) is 5.69 Å². The molecule has 0 aromatic heterocycles. The number of ether oxygens (including phenoxy) is 3. The highest BCUT2D eigenvalue weighted by Crippen LogP contribution is 2.47. The highest BCUT2D eigenvalue weighted by Gasteiger charge is 2.46. The molecule has 3 heterocycles. The van der Waals surface area contributed by atoms with Crippen molar-refractivity contribution in [3.05, 3.63) is 23.8 Å². The van der Waals surface area contributed by atoms with Crippen LogP contribution in [0.15, 0.2) is 18.2 Å². The van der Waals surface area contributed by atoms with Crippen LogP contribution in [-0.4, -0.2) is 61.1 Å². The minimum atomic E-state index is -0.485. The molecule has 3 aliphatic heterocycles. The van der Waals surface area contributed by atoms with Gasteiger partial charge in [0.05, 0.1) is 19.1 Å². The van der Waals surface area contributed by atoms with E-state index >= 15 is 0 Å². The Bertz CT molecular complexity index is 864. The van der Waals surface area contributed by atoms with E-state index in [1.165, 1.54) is 12.8 Å². The van der Waals surface area contributed by atoms with E-state index in [-0.39, 0.29) is 54.9 Å². The van der Waals surface area contributed by atoms with Crippen molar-refractivity contribution in [1.82, 2.24) is 5.32 Å². The largest absolute Gasteiger partial charge is 0.487 e. The Morgan fingerprint density at radius 2 is 1.88 bits per heavy atom. The van der Waals surface area contributed by atoms with E-state index in [0.717, 1.165) is 42.7 Å². The number of hydrogen-bond donors (Lipinski definition) is 3. The number of hydrogen-bond acceptors (Lipinski definition) is 6. The molecular weight excluding hydrogens is 424 g/mol. The molecule has 8 heteroatoms. The number of nitrogens with one attached hydrogen (secondary N) is 2. The first kappa shape index (κ1) is 22.6. The van der Waals surface area contributed by atoms with E-state index < -0.39 is 6.10 Å². The molecule has 5 rings (SSSR count). The lowest BCUT2D eigenvalue weighted by molar-refractivity contribution is -0.142. The molecule has 1 aromatic rings. The van der Waals surface area contributed by atoms with Crippen molar-refractivity contribution in [2.75, 3.05) is 25.1 Å². The molecule has 4 aliphatic rings. The maximum absolute atomic E-state index is 12.7. The fraction of sp³-hybridized carbons (Fsp3) is 0.680. The van der Waals surface area contributed by atoms with Gasteiger partial charge in [0.1, 0.15) is 18.0 Å². The molecule has 0 bridgehead atoms. The third-order valence-corrected chi connectivity index (χ3v) is 7.49. The van der Waals surface area contributed by atoms with Gasteiger partial charge in [0.25, 0.3) is 0 Å². The molecule has 3 N–H and O–H groups in total. The Morgan fingerprint density at radius 1 is 1.09 bits per heavy atom. The number of anilines is 1. The van der Waals surface area contributed by atoms with E-state index in [4.69, 9.17) is 14.2 Å². The van der Waals surface area contributed by atoms with Crippen molar-refractivity contribution in [1.29, 1.82) is 0 Å². The Kier molecular flexibility index (Phi) is 6.85.